The SMILES string of the molecule is CCCCOCCOC1CCC(CO)CC1. The summed E-state index contributed by atoms with van der Waals surface area (Å²) in [5.41, 5.74) is 0. The van der Waals surface area contributed by atoms with Crippen LogP contribution in [0.15, 0.2) is 0 Å². The maximum absolute atomic E-state index is 9.01. The molecular formula is C13H26O3. The summed E-state index contributed by atoms with van der Waals surface area (Å²) in [6, 6.07) is 0. The zero-order valence-electron chi connectivity index (χ0n) is 10.5. The minimum absolute atomic E-state index is 0.340. The summed E-state index contributed by atoms with van der Waals surface area (Å²) in [5.74, 6) is 0.514. The Balaban J connectivity index is 1.90. The molecule has 0 bridgehead atoms. The molecule has 1 aliphatic carbocycles. The van der Waals surface area contributed by atoms with Crippen molar-refractivity contribution in [1.29, 1.82) is 0 Å². The molecule has 3 nitrogen and oxygen atoms in total. The van der Waals surface area contributed by atoms with Gasteiger partial charge in [0.15, 0.2) is 0 Å². The third-order valence-electron chi connectivity index (χ3n) is 3.28. The molecule has 0 saturated heterocycles. The average molecular weight is 230 g/mol. The van der Waals surface area contributed by atoms with E-state index in [1.807, 2.05) is 0 Å². The second-order valence-electron chi connectivity index (χ2n) is 4.66. The van der Waals surface area contributed by atoms with Gasteiger partial charge in [-0.2, -0.15) is 0 Å². The van der Waals surface area contributed by atoms with Crippen LogP contribution in [0, 0.1) is 5.92 Å². The minimum Gasteiger partial charge on any atom is -0.396 e. The van der Waals surface area contributed by atoms with Crippen molar-refractivity contribution >= 4 is 0 Å². The molecule has 1 rings (SSSR count). The summed E-state index contributed by atoms with van der Waals surface area (Å²) in [4.78, 5) is 0. The number of aliphatic hydroxyl groups is 1. The summed E-state index contributed by atoms with van der Waals surface area (Å²) in [6.45, 7) is 4.81. The maximum atomic E-state index is 9.01. The van der Waals surface area contributed by atoms with E-state index in [2.05, 4.69) is 6.92 Å². The van der Waals surface area contributed by atoms with Gasteiger partial charge < -0.3 is 14.6 Å². The molecule has 16 heavy (non-hydrogen) atoms. The largest absolute Gasteiger partial charge is 0.396 e. The van der Waals surface area contributed by atoms with Crippen molar-refractivity contribution in [3.63, 3.8) is 0 Å². The van der Waals surface area contributed by atoms with Crippen LogP contribution in [-0.2, 0) is 9.47 Å². The summed E-state index contributed by atoms with van der Waals surface area (Å²) in [6.07, 6.45) is 7.14. The van der Waals surface area contributed by atoms with Crippen LogP contribution >= 0.6 is 0 Å². The molecule has 0 aliphatic heterocycles. The third kappa shape index (κ3) is 5.83. The fourth-order valence-electron chi connectivity index (χ4n) is 2.10. The predicted octanol–water partition coefficient (Wildman–Crippen LogP) is 2.37. The Bertz CT molecular complexity index is 153. The fourth-order valence-corrected chi connectivity index (χ4v) is 2.10. The van der Waals surface area contributed by atoms with Crippen LogP contribution in [0.4, 0.5) is 0 Å². The van der Waals surface area contributed by atoms with Gasteiger partial charge in [-0.1, -0.05) is 13.3 Å². The van der Waals surface area contributed by atoms with Crippen molar-refractivity contribution in [3.05, 3.63) is 0 Å². The molecule has 1 saturated carbocycles. The Labute approximate surface area is 99.1 Å². The molecule has 0 atom stereocenters. The first kappa shape index (κ1) is 13.9. The molecule has 0 unspecified atom stereocenters. The molecule has 0 spiro atoms. The second-order valence-corrected chi connectivity index (χ2v) is 4.66. The summed E-state index contributed by atoms with van der Waals surface area (Å²) >= 11 is 0. The number of hydrogen-bond donors (Lipinski definition) is 1. The van der Waals surface area contributed by atoms with Crippen LogP contribution in [0.3, 0.4) is 0 Å². The van der Waals surface area contributed by atoms with E-state index in [0.717, 1.165) is 51.9 Å². The molecule has 1 fully saturated rings. The zero-order valence-corrected chi connectivity index (χ0v) is 10.5. The lowest BCUT2D eigenvalue weighted by Gasteiger charge is -2.27. The van der Waals surface area contributed by atoms with E-state index in [0.29, 0.717) is 18.6 Å². The number of unbranched alkanes of at least 4 members (excludes halogenated alkanes) is 1. The van der Waals surface area contributed by atoms with E-state index < -0.39 is 0 Å². The topological polar surface area (TPSA) is 38.7 Å². The Morgan fingerprint density at radius 3 is 2.44 bits per heavy atom. The first-order valence-corrected chi connectivity index (χ1v) is 6.67. The Morgan fingerprint density at radius 2 is 1.81 bits per heavy atom. The average Bonchev–Trinajstić information content (AvgIpc) is 2.34. The predicted molar refractivity (Wildman–Crippen MR) is 64.5 cm³/mol. The lowest BCUT2D eigenvalue weighted by Crippen LogP contribution is -2.24. The lowest BCUT2D eigenvalue weighted by atomic mass is 9.88. The molecule has 0 aromatic heterocycles. The highest BCUT2D eigenvalue weighted by atomic mass is 16.5. The molecule has 0 aromatic carbocycles. The highest BCUT2D eigenvalue weighted by molar-refractivity contribution is 4.72. The quantitative estimate of drug-likeness (QED) is 0.651. The Kier molecular flexibility index (Phi) is 7.81. The first-order chi connectivity index (χ1) is 7.86. The van der Waals surface area contributed by atoms with Crippen molar-refractivity contribution in [2.45, 2.75) is 51.6 Å². The van der Waals surface area contributed by atoms with Gasteiger partial charge in [0.2, 0.25) is 0 Å². The number of rotatable bonds is 8. The van der Waals surface area contributed by atoms with Gasteiger partial charge in [-0.05, 0) is 38.0 Å². The van der Waals surface area contributed by atoms with Gasteiger partial charge >= 0.3 is 0 Å². The third-order valence-corrected chi connectivity index (χ3v) is 3.28. The van der Waals surface area contributed by atoms with Crippen molar-refractivity contribution in [3.8, 4) is 0 Å². The van der Waals surface area contributed by atoms with Gasteiger partial charge in [0.1, 0.15) is 0 Å². The fraction of sp³-hybridized carbons (Fsp3) is 1.00. The Morgan fingerprint density at radius 1 is 1.06 bits per heavy atom. The van der Waals surface area contributed by atoms with Crippen LogP contribution < -0.4 is 0 Å². The molecule has 0 aromatic rings. The van der Waals surface area contributed by atoms with Gasteiger partial charge in [-0.3, -0.25) is 0 Å². The molecule has 0 heterocycles. The monoisotopic (exact) mass is 230 g/mol. The van der Waals surface area contributed by atoms with E-state index in [1.54, 1.807) is 0 Å². The van der Waals surface area contributed by atoms with Gasteiger partial charge in [0, 0.05) is 13.2 Å². The summed E-state index contributed by atoms with van der Waals surface area (Å²) in [5, 5.41) is 9.01. The standard InChI is InChI=1S/C13H26O3/c1-2-3-8-15-9-10-16-13-6-4-12(11-14)5-7-13/h12-14H,2-11H2,1H3. The Hall–Kier alpha value is -0.120. The molecule has 1 N–H and O–H groups in total. The molecule has 3 heteroatoms. The van der Waals surface area contributed by atoms with Gasteiger partial charge in [0.25, 0.3) is 0 Å². The normalized spacial score (nSPS) is 25.9. The van der Waals surface area contributed by atoms with E-state index in [-0.39, 0.29) is 0 Å². The smallest absolute Gasteiger partial charge is 0.0704 e. The number of hydrogen-bond acceptors (Lipinski definition) is 3. The van der Waals surface area contributed by atoms with Gasteiger partial charge in [-0.25, -0.2) is 0 Å². The van der Waals surface area contributed by atoms with Gasteiger partial charge in [0.05, 0.1) is 19.3 Å². The zero-order chi connectivity index (χ0) is 11.6. The molecular weight excluding hydrogens is 204 g/mol. The van der Waals surface area contributed by atoms with Crippen LogP contribution in [0.1, 0.15) is 45.4 Å². The van der Waals surface area contributed by atoms with Crippen LogP contribution in [-0.4, -0.2) is 37.6 Å². The number of aliphatic hydroxyl groups excluding tert-OH is 1. The molecule has 1 aliphatic rings. The minimum atomic E-state index is 0.340. The van der Waals surface area contributed by atoms with Gasteiger partial charge in [-0.15, -0.1) is 0 Å². The molecule has 0 radical (unpaired) electrons. The van der Waals surface area contributed by atoms with Crippen molar-refractivity contribution in [2.24, 2.45) is 5.92 Å². The van der Waals surface area contributed by atoms with Crippen LogP contribution in [0.2, 0.25) is 0 Å². The van der Waals surface area contributed by atoms with Crippen molar-refractivity contribution in [2.75, 3.05) is 26.4 Å². The van der Waals surface area contributed by atoms with Crippen LogP contribution in [0.5, 0.6) is 0 Å². The van der Waals surface area contributed by atoms with Crippen molar-refractivity contribution in [1.82, 2.24) is 0 Å². The lowest BCUT2D eigenvalue weighted by molar-refractivity contribution is -0.0201. The molecule has 96 valence electrons. The van der Waals surface area contributed by atoms with E-state index >= 15 is 0 Å². The first-order valence-electron chi connectivity index (χ1n) is 6.67. The summed E-state index contributed by atoms with van der Waals surface area (Å²) < 4.78 is 11.2. The maximum Gasteiger partial charge on any atom is 0.0704 e. The van der Waals surface area contributed by atoms with Crippen LogP contribution in [0.25, 0.3) is 0 Å². The van der Waals surface area contributed by atoms with E-state index in [9.17, 15) is 0 Å². The van der Waals surface area contributed by atoms with Crippen molar-refractivity contribution < 1.29 is 14.6 Å². The second kappa shape index (κ2) is 8.97. The number of ether oxygens (including phenoxy) is 2. The molecule has 0 amide bonds. The van der Waals surface area contributed by atoms with E-state index in [1.165, 1.54) is 6.42 Å². The highest BCUT2D eigenvalue weighted by Crippen LogP contribution is 2.25. The highest BCUT2D eigenvalue weighted by Gasteiger charge is 2.20. The summed E-state index contributed by atoms with van der Waals surface area (Å²) in [7, 11) is 0. The van der Waals surface area contributed by atoms with E-state index in [4.69, 9.17) is 14.6 Å².